The Labute approximate surface area is 195 Å². The Balaban J connectivity index is 1.45. The number of pyridine rings is 2. The van der Waals surface area contributed by atoms with Gasteiger partial charge in [0.2, 0.25) is 0 Å². The van der Waals surface area contributed by atoms with Crippen LogP contribution in [0.1, 0.15) is 33.7 Å². The van der Waals surface area contributed by atoms with Crippen LogP contribution in [0.15, 0.2) is 67.3 Å². The van der Waals surface area contributed by atoms with Gasteiger partial charge in [-0.25, -0.2) is 0 Å². The second-order valence-corrected chi connectivity index (χ2v) is 9.33. The van der Waals surface area contributed by atoms with Crippen molar-refractivity contribution in [3.63, 3.8) is 0 Å². The maximum Gasteiger partial charge on any atom is 0.257 e. The zero-order chi connectivity index (χ0) is 22.8. The highest BCUT2D eigenvalue weighted by Crippen LogP contribution is 2.42. The molecule has 0 radical (unpaired) electrons. The van der Waals surface area contributed by atoms with Crippen LogP contribution in [0.2, 0.25) is 0 Å². The van der Waals surface area contributed by atoms with E-state index in [0.717, 1.165) is 24.2 Å². The fourth-order valence-corrected chi connectivity index (χ4v) is 5.40. The number of ether oxygens (including phenoxy) is 1. The van der Waals surface area contributed by atoms with Gasteiger partial charge < -0.3 is 9.64 Å². The van der Waals surface area contributed by atoms with Crippen LogP contribution < -0.4 is 0 Å². The van der Waals surface area contributed by atoms with Crippen LogP contribution in [-0.4, -0.2) is 57.5 Å². The molecule has 0 bridgehead atoms. The quantitative estimate of drug-likeness (QED) is 0.605. The number of hydrogen-bond donors (Lipinski definition) is 0. The number of carbonyl (C=O) groups is 1. The van der Waals surface area contributed by atoms with E-state index in [2.05, 4.69) is 53.0 Å². The molecule has 3 aromatic rings. The number of nitrogens with zero attached hydrogens (tertiary/aromatic N) is 4. The van der Waals surface area contributed by atoms with Gasteiger partial charge in [-0.2, -0.15) is 0 Å². The molecule has 0 aliphatic carbocycles. The minimum atomic E-state index is -0.900. The van der Waals surface area contributed by atoms with Crippen LogP contribution in [0.25, 0.3) is 0 Å². The fourth-order valence-electron chi connectivity index (χ4n) is 5.40. The van der Waals surface area contributed by atoms with E-state index < -0.39 is 5.60 Å². The third-order valence-electron chi connectivity index (χ3n) is 6.70. The monoisotopic (exact) mass is 442 g/mol. The van der Waals surface area contributed by atoms with E-state index in [1.165, 1.54) is 16.7 Å². The van der Waals surface area contributed by atoms with Crippen LogP contribution in [0, 0.1) is 13.8 Å². The van der Waals surface area contributed by atoms with Gasteiger partial charge in [0, 0.05) is 63.4 Å². The number of rotatable bonds is 5. The number of likely N-dealkylation sites (tertiary alicyclic amines) is 1. The highest BCUT2D eigenvalue weighted by Gasteiger charge is 2.56. The number of amides is 1. The van der Waals surface area contributed by atoms with Gasteiger partial charge in [0.15, 0.2) is 5.60 Å². The lowest BCUT2D eigenvalue weighted by Gasteiger charge is -2.42. The maximum absolute atomic E-state index is 14.0. The summed E-state index contributed by atoms with van der Waals surface area (Å²) < 4.78 is 6.41. The molecule has 4 heterocycles. The summed E-state index contributed by atoms with van der Waals surface area (Å²) >= 11 is 0. The highest BCUT2D eigenvalue weighted by atomic mass is 16.5. The van der Waals surface area contributed by atoms with Crippen LogP contribution in [0.3, 0.4) is 0 Å². The Morgan fingerprint density at radius 2 is 1.76 bits per heavy atom. The minimum absolute atomic E-state index is 0.0642. The summed E-state index contributed by atoms with van der Waals surface area (Å²) in [7, 11) is 0. The van der Waals surface area contributed by atoms with Crippen molar-refractivity contribution in [3.8, 4) is 0 Å². The first-order valence-corrected chi connectivity index (χ1v) is 11.6. The molecule has 2 atom stereocenters. The largest absolute Gasteiger partial charge is 0.361 e. The van der Waals surface area contributed by atoms with Crippen molar-refractivity contribution in [2.75, 3.05) is 26.2 Å². The predicted octanol–water partition coefficient (Wildman–Crippen LogP) is 3.49. The molecule has 1 aromatic carbocycles. The summed E-state index contributed by atoms with van der Waals surface area (Å²) in [6, 6.07) is 14.6. The lowest BCUT2D eigenvalue weighted by Crippen LogP contribution is -2.59. The van der Waals surface area contributed by atoms with Crippen molar-refractivity contribution in [3.05, 3.63) is 95.1 Å². The molecule has 170 valence electrons. The Morgan fingerprint density at radius 3 is 2.45 bits per heavy atom. The molecule has 5 rings (SSSR count). The van der Waals surface area contributed by atoms with E-state index in [4.69, 9.17) is 4.74 Å². The van der Waals surface area contributed by atoms with E-state index in [0.29, 0.717) is 26.2 Å². The molecule has 0 unspecified atom stereocenters. The molecule has 6 nitrogen and oxygen atoms in total. The summed E-state index contributed by atoms with van der Waals surface area (Å²) in [6.45, 7) is 8.05. The van der Waals surface area contributed by atoms with E-state index in [1.807, 2.05) is 35.5 Å². The molecule has 1 spiro atoms. The van der Waals surface area contributed by atoms with Crippen molar-refractivity contribution in [2.45, 2.75) is 38.5 Å². The van der Waals surface area contributed by atoms with E-state index in [1.54, 1.807) is 12.4 Å². The summed E-state index contributed by atoms with van der Waals surface area (Å²) in [6.07, 6.45) is 7.24. The lowest BCUT2D eigenvalue weighted by atomic mass is 9.83. The Kier molecular flexibility index (Phi) is 5.96. The molecular formula is C27H30N4O2. The lowest BCUT2D eigenvalue weighted by molar-refractivity contribution is -0.173. The van der Waals surface area contributed by atoms with Gasteiger partial charge in [-0.05, 0) is 42.7 Å². The number of hydrogen-bond acceptors (Lipinski definition) is 5. The van der Waals surface area contributed by atoms with Crippen molar-refractivity contribution in [2.24, 2.45) is 0 Å². The molecule has 0 N–H and O–H groups in total. The van der Waals surface area contributed by atoms with Gasteiger partial charge in [0.1, 0.15) is 0 Å². The summed E-state index contributed by atoms with van der Waals surface area (Å²) in [5, 5.41) is 0. The molecule has 2 aliphatic heterocycles. The standard InChI is InChI=1S/C27H30N4O2/c1-20-11-21(2)13-23(12-20)16-30-18-25(24-6-4-8-29-15-24)27(19-30)26(32)31(9-10-33-27)17-22-5-3-7-28-14-22/h3-8,11-15,25H,9-10,16-19H2,1-2H3/t25-,27-/m1/s1. The molecule has 6 heteroatoms. The van der Waals surface area contributed by atoms with Crippen molar-refractivity contribution < 1.29 is 9.53 Å². The first kappa shape index (κ1) is 21.7. The SMILES string of the molecule is Cc1cc(C)cc(CN2C[C@H](c3cccnc3)[C@@]3(C2)OCCN(Cc2cccnc2)C3=O)c1. The molecule has 2 fully saturated rings. The van der Waals surface area contributed by atoms with Crippen molar-refractivity contribution in [1.82, 2.24) is 19.8 Å². The van der Waals surface area contributed by atoms with Crippen LogP contribution in [-0.2, 0) is 22.6 Å². The van der Waals surface area contributed by atoms with Gasteiger partial charge in [0.25, 0.3) is 5.91 Å². The average Bonchev–Trinajstić information content (AvgIpc) is 3.16. The fraction of sp³-hybridized carbons (Fsp3) is 0.370. The van der Waals surface area contributed by atoms with Crippen LogP contribution >= 0.6 is 0 Å². The first-order valence-electron chi connectivity index (χ1n) is 11.6. The van der Waals surface area contributed by atoms with Crippen molar-refractivity contribution >= 4 is 5.91 Å². The normalized spacial score (nSPS) is 23.4. The second kappa shape index (κ2) is 9.04. The maximum atomic E-state index is 14.0. The minimum Gasteiger partial charge on any atom is -0.361 e. The summed E-state index contributed by atoms with van der Waals surface area (Å²) in [5.74, 6) is -0.00400. The van der Waals surface area contributed by atoms with Crippen molar-refractivity contribution in [1.29, 1.82) is 0 Å². The Morgan fingerprint density at radius 1 is 1.00 bits per heavy atom. The van der Waals surface area contributed by atoms with Gasteiger partial charge in [-0.1, -0.05) is 41.5 Å². The van der Waals surface area contributed by atoms with E-state index in [9.17, 15) is 4.79 Å². The van der Waals surface area contributed by atoms with Gasteiger partial charge >= 0.3 is 0 Å². The topological polar surface area (TPSA) is 58.6 Å². The Hall–Kier alpha value is -3.09. The number of aromatic nitrogens is 2. The molecular weight excluding hydrogens is 412 g/mol. The van der Waals surface area contributed by atoms with Gasteiger partial charge in [-0.15, -0.1) is 0 Å². The van der Waals surface area contributed by atoms with E-state index >= 15 is 0 Å². The average molecular weight is 443 g/mol. The van der Waals surface area contributed by atoms with Crippen LogP contribution in [0.5, 0.6) is 0 Å². The number of aryl methyl sites for hydroxylation is 2. The predicted molar refractivity (Wildman–Crippen MR) is 127 cm³/mol. The third-order valence-corrected chi connectivity index (χ3v) is 6.70. The zero-order valence-electron chi connectivity index (χ0n) is 19.3. The van der Waals surface area contributed by atoms with Crippen LogP contribution in [0.4, 0.5) is 0 Å². The first-order chi connectivity index (χ1) is 16.0. The third kappa shape index (κ3) is 4.41. The number of benzene rings is 1. The van der Waals surface area contributed by atoms with Gasteiger partial charge in [-0.3, -0.25) is 19.7 Å². The number of carbonyl (C=O) groups excluding carboxylic acids is 1. The smallest absolute Gasteiger partial charge is 0.257 e. The Bertz CT molecular complexity index is 1100. The number of morpholine rings is 1. The summed E-state index contributed by atoms with van der Waals surface area (Å²) in [5.41, 5.74) is 4.97. The second-order valence-electron chi connectivity index (χ2n) is 9.33. The highest BCUT2D eigenvalue weighted by molar-refractivity contribution is 5.88. The summed E-state index contributed by atoms with van der Waals surface area (Å²) in [4.78, 5) is 26.8. The van der Waals surface area contributed by atoms with Gasteiger partial charge in [0.05, 0.1) is 6.61 Å². The molecule has 2 saturated heterocycles. The molecule has 0 saturated carbocycles. The molecule has 2 aliphatic rings. The molecule has 1 amide bonds. The van der Waals surface area contributed by atoms with E-state index in [-0.39, 0.29) is 11.8 Å². The zero-order valence-corrected chi connectivity index (χ0v) is 19.3. The molecule has 2 aromatic heterocycles. The molecule has 33 heavy (non-hydrogen) atoms.